The predicted molar refractivity (Wildman–Crippen MR) is 112 cm³/mol. The van der Waals surface area contributed by atoms with Crippen LogP contribution in [-0.4, -0.2) is 33.9 Å². The molecule has 152 valence electrons. The molecule has 30 heavy (non-hydrogen) atoms. The van der Waals surface area contributed by atoms with Crippen molar-refractivity contribution in [2.75, 3.05) is 17.7 Å². The third-order valence-corrected chi connectivity index (χ3v) is 4.90. The largest absolute Gasteiger partial charge is 0.497 e. The van der Waals surface area contributed by atoms with E-state index in [0.29, 0.717) is 16.5 Å². The average molecular weight is 425 g/mol. The molecular formula is C21H17ClN4O4. The Morgan fingerprint density at radius 1 is 1.23 bits per heavy atom. The molecule has 0 aliphatic carbocycles. The van der Waals surface area contributed by atoms with E-state index in [-0.39, 0.29) is 17.1 Å². The number of nitrogens with zero attached hydrogens (tertiary/aromatic N) is 2. The van der Waals surface area contributed by atoms with Crippen LogP contribution in [0.4, 0.5) is 11.5 Å². The van der Waals surface area contributed by atoms with Gasteiger partial charge in [-0.1, -0.05) is 29.8 Å². The van der Waals surface area contributed by atoms with Gasteiger partial charge in [-0.05, 0) is 35.9 Å². The number of halogens is 1. The number of nitrogens with one attached hydrogen (secondary N) is 2. The molecule has 4 rings (SSSR count). The first-order valence-electron chi connectivity index (χ1n) is 8.97. The molecule has 1 aromatic heterocycles. The van der Waals surface area contributed by atoms with Crippen molar-refractivity contribution < 1.29 is 19.4 Å². The number of anilines is 2. The second kappa shape index (κ2) is 7.92. The summed E-state index contributed by atoms with van der Waals surface area (Å²) >= 11 is 5.97. The summed E-state index contributed by atoms with van der Waals surface area (Å²) in [5.74, 6) is -0.684. The second-order valence-electron chi connectivity index (χ2n) is 6.54. The van der Waals surface area contributed by atoms with E-state index in [0.717, 1.165) is 5.56 Å². The lowest BCUT2D eigenvalue weighted by atomic mass is 10.0. The number of hydrogen-bond acceptors (Lipinski definition) is 5. The number of fused-ring (bicyclic) bond motifs is 1. The second-order valence-corrected chi connectivity index (χ2v) is 6.98. The van der Waals surface area contributed by atoms with E-state index in [1.807, 2.05) is 0 Å². The Kier molecular flexibility index (Phi) is 5.16. The lowest BCUT2D eigenvalue weighted by molar-refractivity contribution is -0.132. The Morgan fingerprint density at radius 3 is 2.70 bits per heavy atom. The van der Waals surface area contributed by atoms with Gasteiger partial charge in [0.15, 0.2) is 0 Å². The Hall–Kier alpha value is -3.78. The van der Waals surface area contributed by atoms with Crippen LogP contribution in [0, 0.1) is 0 Å². The lowest BCUT2D eigenvalue weighted by Crippen LogP contribution is -2.25. The van der Waals surface area contributed by atoms with E-state index in [1.165, 1.54) is 19.4 Å². The van der Waals surface area contributed by atoms with Gasteiger partial charge in [0, 0.05) is 16.8 Å². The third-order valence-electron chi connectivity index (χ3n) is 4.65. The van der Waals surface area contributed by atoms with Crippen molar-refractivity contribution >= 4 is 35.0 Å². The number of rotatable bonds is 5. The van der Waals surface area contributed by atoms with E-state index in [4.69, 9.17) is 16.3 Å². The van der Waals surface area contributed by atoms with Crippen LogP contribution in [0.25, 0.3) is 0 Å². The molecule has 3 aromatic rings. The topological polar surface area (TPSA) is 105 Å². The molecule has 1 amide bonds. The van der Waals surface area contributed by atoms with E-state index >= 15 is 0 Å². The first kappa shape index (κ1) is 19.5. The summed E-state index contributed by atoms with van der Waals surface area (Å²) in [4.78, 5) is 24.5. The molecule has 3 N–H and O–H groups in total. The zero-order chi connectivity index (χ0) is 21.3. The molecule has 0 spiro atoms. The first-order valence-corrected chi connectivity index (χ1v) is 9.34. The molecular weight excluding hydrogens is 408 g/mol. The van der Waals surface area contributed by atoms with Gasteiger partial charge in [0.25, 0.3) is 5.91 Å². The zero-order valence-corrected chi connectivity index (χ0v) is 16.6. The average Bonchev–Trinajstić information content (AvgIpc) is 3.18. The van der Waals surface area contributed by atoms with Crippen molar-refractivity contribution in [1.82, 2.24) is 9.78 Å². The van der Waals surface area contributed by atoms with Crippen LogP contribution in [0.2, 0.25) is 5.02 Å². The smallest absolute Gasteiger partial charge is 0.352 e. The van der Waals surface area contributed by atoms with Crippen LogP contribution in [0.5, 0.6) is 5.75 Å². The van der Waals surface area contributed by atoms with Crippen molar-refractivity contribution in [1.29, 1.82) is 0 Å². The number of carboxylic acid groups (broad SMARTS) is 1. The number of ether oxygens (including phenoxy) is 1. The molecule has 0 radical (unpaired) electrons. The summed E-state index contributed by atoms with van der Waals surface area (Å²) in [6, 6.07) is 13.4. The summed E-state index contributed by atoms with van der Waals surface area (Å²) in [7, 11) is 1.54. The number of aromatic nitrogens is 2. The van der Waals surface area contributed by atoms with Gasteiger partial charge in [0.1, 0.15) is 22.8 Å². The molecule has 1 aliphatic rings. The fourth-order valence-corrected chi connectivity index (χ4v) is 3.31. The highest BCUT2D eigenvalue weighted by atomic mass is 35.5. The fraction of sp³-hybridized carbons (Fsp3) is 0.0952. The fourth-order valence-electron chi connectivity index (χ4n) is 3.18. The Morgan fingerprint density at radius 2 is 2.00 bits per heavy atom. The summed E-state index contributed by atoms with van der Waals surface area (Å²) in [6.45, 7) is 0. The molecule has 0 saturated heterocycles. The van der Waals surface area contributed by atoms with E-state index in [2.05, 4.69) is 15.7 Å². The third kappa shape index (κ3) is 3.72. The van der Waals surface area contributed by atoms with Crippen LogP contribution in [0.1, 0.15) is 22.0 Å². The minimum atomic E-state index is -1.14. The molecule has 0 fully saturated rings. The number of aliphatic carboxylic acids is 1. The highest BCUT2D eigenvalue weighted by Crippen LogP contribution is 2.33. The van der Waals surface area contributed by atoms with Crippen LogP contribution >= 0.6 is 11.6 Å². The van der Waals surface area contributed by atoms with E-state index in [1.54, 1.807) is 53.2 Å². The molecule has 1 aliphatic heterocycles. The Balaban J connectivity index is 1.70. The van der Waals surface area contributed by atoms with Gasteiger partial charge in [-0.25, -0.2) is 9.48 Å². The Bertz CT molecular complexity index is 1150. The number of allylic oxidation sites excluding steroid dienone is 1. The molecule has 2 aromatic carbocycles. The highest BCUT2D eigenvalue weighted by Gasteiger charge is 2.29. The first-order chi connectivity index (χ1) is 14.5. The number of carboxylic acids is 1. The summed E-state index contributed by atoms with van der Waals surface area (Å²) in [5, 5.41) is 20.0. The minimum Gasteiger partial charge on any atom is -0.497 e. The van der Waals surface area contributed by atoms with Crippen LogP contribution in [-0.2, 0) is 4.79 Å². The maximum atomic E-state index is 12.9. The van der Waals surface area contributed by atoms with Gasteiger partial charge >= 0.3 is 5.97 Å². The maximum absolute atomic E-state index is 12.9. The number of carbonyl (C=O) groups is 2. The number of benzene rings is 2. The minimum absolute atomic E-state index is 0.0432. The molecule has 0 unspecified atom stereocenters. The van der Waals surface area contributed by atoms with Gasteiger partial charge in [0.2, 0.25) is 0 Å². The quantitative estimate of drug-likeness (QED) is 0.575. The molecule has 1 atom stereocenters. The van der Waals surface area contributed by atoms with Crippen molar-refractivity contribution in [2.24, 2.45) is 0 Å². The number of amides is 1. The van der Waals surface area contributed by atoms with E-state index < -0.39 is 17.9 Å². The van der Waals surface area contributed by atoms with Gasteiger partial charge in [0.05, 0.1) is 19.3 Å². The van der Waals surface area contributed by atoms with Gasteiger partial charge in [-0.15, -0.1) is 0 Å². The van der Waals surface area contributed by atoms with Crippen molar-refractivity contribution in [3.8, 4) is 5.75 Å². The van der Waals surface area contributed by atoms with E-state index in [9.17, 15) is 14.7 Å². The van der Waals surface area contributed by atoms with Crippen molar-refractivity contribution in [3.63, 3.8) is 0 Å². The maximum Gasteiger partial charge on any atom is 0.352 e. The number of hydrogen-bond donors (Lipinski definition) is 3. The summed E-state index contributed by atoms with van der Waals surface area (Å²) in [6.07, 6.45) is 2.94. The Labute approximate surface area is 176 Å². The SMILES string of the molecule is COc1cccc(NC(=O)c2cnn3c2NC(C(=O)O)=C[C@@H]3c2ccc(Cl)cc2)c1. The van der Waals surface area contributed by atoms with Gasteiger partial charge in [-0.2, -0.15) is 5.10 Å². The van der Waals surface area contributed by atoms with Gasteiger partial charge < -0.3 is 20.5 Å². The molecule has 0 bridgehead atoms. The van der Waals surface area contributed by atoms with Crippen LogP contribution in [0.15, 0.2) is 66.5 Å². The predicted octanol–water partition coefficient (Wildman–Crippen LogP) is 3.78. The lowest BCUT2D eigenvalue weighted by Gasteiger charge is -2.24. The number of carbonyl (C=O) groups excluding carboxylic acids is 1. The molecule has 9 heteroatoms. The molecule has 0 saturated carbocycles. The zero-order valence-electron chi connectivity index (χ0n) is 15.8. The van der Waals surface area contributed by atoms with Crippen LogP contribution in [0.3, 0.4) is 0 Å². The molecule has 8 nitrogen and oxygen atoms in total. The standard InChI is InChI=1S/C21H17ClN4O4/c1-30-15-4-2-3-14(9-15)24-20(27)16-11-23-26-18(12-5-7-13(22)8-6-12)10-17(21(28)29)25-19(16)26/h2-11,18,25H,1H3,(H,24,27)(H,28,29)/t18-/m1/s1. The number of methoxy groups -OCH3 is 1. The van der Waals surface area contributed by atoms with Crippen molar-refractivity contribution in [2.45, 2.75) is 6.04 Å². The normalized spacial score (nSPS) is 14.9. The highest BCUT2D eigenvalue weighted by molar-refractivity contribution is 6.30. The molecule has 2 heterocycles. The summed E-state index contributed by atoms with van der Waals surface area (Å²) in [5.41, 5.74) is 1.49. The summed E-state index contributed by atoms with van der Waals surface area (Å²) < 4.78 is 6.73. The monoisotopic (exact) mass is 424 g/mol. The van der Waals surface area contributed by atoms with Crippen LogP contribution < -0.4 is 15.4 Å². The van der Waals surface area contributed by atoms with Crippen molar-refractivity contribution in [3.05, 3.63) is 82.7 Å². The van der Waals surface area contributed by atoms with Gasteiger partial charge in [-0.3, -0.25) is 4.79 Å².